The molecule has 0 atom stereocenters. The Kier molecular flexibility index (Phi) is 5.41. The molecule has 9 nitrogen and oxygen atoms in total. The fraction of sp³-hybridized carbons (Fsp3) is 0.300. The van der Waals surface area contributed by atoms with Gasteiger partial charge in [-0.05, 0) is 18.6 Å². The summed E-state index contributed by atoms with van der Waals surface area (Å²) in [5, 5.41) is 18.4. The van der Waals surface area contributed by atoms with Gasteiger partial charge in [0.05, 0.1) is 11.4 Å². The van der Waals surface area contributed by atoms with Crippen LogP contribution in [0.1, 0.15) is 16.9 Å². The standard InChI is InChI=1S/C10H14N4O5S/c11-20(18,19)6-2-5-13-10(17)14-7-3-1-4-12-8(7)9(15)16/h1,3-4H,2,5-6H2,(H,15,16)(H2,11,18,19)(H2,13,14,17). The SMILES string of the molecule is NS(=O)(=O)CCCNC(=O)Nc1cccnc1C(=O)O. The van der Waals surface area contributed by atoms with Crippen LogP contribution in [0.3, 0.4) is 0 Å². The Morgan fingerprint density at radius 1 is 1.40 bits per heavy atom. The second kappa shape index (κ2) is 6.82. The van der Waals surface area contributed by atoms with Crippen LogP contribution in [0.4, 0.5) is 10.5 Å². The van der Waals surface area contributed by atoms with Crippen LogP contribution in [-0.2, 0) is 10.0 Å². The zero-order valence-electron chi connectivity index (χ0n) is 10.4. The van der Waals surface area contributed by atoms with Gasteiger partial charge in [0.1, 0.15) is 0 Å². The molecule has 10 heteroatoms. The highest BCUT2D eigenvalue weighted by Crippen LogP contribution is 2.11. The lowest BCUT2D eigenvalue weighted by Crippen LogP contribution is -2.31. The number of carbonyl (C=O) groups is 2. The minimum atomic E-state index is -3.56. The van der Waals surface area contributed by atoms with E-state index in [0.717, 1.165) is 0 Å². The van der Waals surface area contributed by atoms with Crippen LogP contribution in [0, 0.1) is 0 Å². The zero-order chi connectivity index (χ0) is 15.2. The maximum Gasteiger partial charge on any atom is 0.356 e. The van der Waals surface area contributed by atoms with Gasteiger partial charge in [-0.25, -0.2) is 28.1 Å². The Morgan fingerprint density at radius 3 is 2.70 bits per heavy atom. The van der Waals surface area contributed by atoms with Crippen molar-refractivity contribution in [2.45, 2.75) is 6.42 Å². The van der Waals surface area contributed by atoms with E-state index in [1.54, 1.807) is 0 Å². The van der Waals surface area contributed by atoms with E-state index in [9.17, 15) is 18.0 Å². The van der Waals surface area contributed by atoms with Crippen molar-refractivity contribution in [2.24, 2.45) is 5.14 Å². The number of aromatic carboxylic acids is 1. The van der Waals surface area contributed by atoms with Crippen molar-refractivity contribution in [1.82, 2.24) is 10.3 Å². The van der Waals surface area contributed by atoms with Crippen LogP contribution >= 0.6 is 0 Å². The monoisotopic (exact) mass is 302 g/mol. The number of nitrogens with zero attached hydrogens (tertiary/aromatic N) is 1. The minimum Gasteiger partial charge on any atom is -0.476 e. The molecule has 1 rings (SSSR count). The summed E-state index contributed by atoms with van der Waals surface area (Å²) in [7, 11) is -3.56. The van der Waals surface area contributed by atoms with Crippen LogP contribution in [0.15, 0.2) is 18.3 Å². The van der Waals surface area contributed by atoms with Gasteiger partial charge >= 0.3 is 12.0 Å². The van der Waals surface area contributed by atoms with Crippen LogP contribution < -0.4 is 15.8 Å². The summed E-state index contributed by atoms with van der Waals surface area (Å²) in [6, 6.07) is 2.21. The molecule has 1 heterocycles. The number of hydrogen-bond acceptors (Lipinski definition) is 5. The third-order valence-electron chi connectivity index (χ3n) is 2.15. The quantitative estimate of drug-likeness (QED) is 0.524. The Morgan fingerprint density at radius 2 is 2.10 bits per heavy atom. The molecule has 0 aliphatic carbocycles. The van der Waals surface area contributed by atoms with Crippen molar-refractivity contribution in [3.8, 4) is 0 Å². The molecule has 0 saturated carbocycles. The Labute approximate surface area is 115 Å². The Balaban J connectivity index is 2.49. The maximum atomic E-state index is 11.5. The van der Waals surface area contributed by atoms with Crippen molar-refractivity contribution in [3.05, 3.63) is 24.0 Å². The molecule has 2 amide bonds. The van der Waals surface area contributed by atoms with Crippen LogP contribution in [0.2, 0.25) is 0 Å². The molecule has 0 saturated heterocycles. The second-order valence-corrected chi connectivity index (χ2v) is 5.54. The van der Waals surface area contributed by atoms with Gasteiger partial charge in [0.2, 0.25) is 10.0 Å². The molecular formula is C10H14N4O5S. The summed E-state index contributed by atoms with van der Waals surface area (Å²) in [5.74, 6) is -1.52. The molecule has 1 aromatic rings. The number of aromatic nitrogens is 1. The number of urea groups is 1. The van der Waals surface area contributed by atoms with E-state index in [0.29, 0.717) is 0 Å². The average molecular weight is 302 g/mol. The molecule has 20 heavy (non-hydrogen) atoms. The van der Waals surface area contributed by atoms with Gasteiger partial charge in [-0.3, -0.25) is 0 Å². The van der Waals surface area contributed by atoms with E-state index in [1.165, 1.54) is 18.3 Å². The van der Waals surface area contributed by atoms with E-state index in [1.807, 2.05) is 0 Å². The summed E-state index contributed by atoms with van der Waals surface area (Å²) >= 11 is 0. The van der Waals surface area contributed by atoms with Gasteiger partial charge in [-0.2, -0.15) is 0 Å². The van der Waals surface area contributed by atoms with Crippen molar-refractivity contribution < 1.29 is 23.1 Å². The van der Waals surface area contributed by atoms with E-state index in [-0.39, 0.29) is 30.1 Å². The van der Waals surface area contributed by atoms with E-state index >= 15 is 0 Å². The van der Waals surface area contributed by atoms with E-state index in [2.05, 4.69) is 15.6 Å². The number of carboxylic acid groups (broad SMARTS) is 1. The van der Waals surface area contributed by atoms with Gasteiger partial charge in [-0.15, -0.1) is 0 Å². The highest BCUT2D eigenvalue weighted by Gasteiger charge is 2.13. The average Bonchev–Trinajstić information content (AvgIpc) is 2.34. The number of nitrogens with two attached hydrogens (primary N) is 1. The van der Waals surface area contributed by atoms with Crippen LogP contribution in [0.25, 0.3) is 0 Å². The third-order valence-corrected chi connectivity index (χ3v) is 3.01. The Bertz CT molecular complexity index is 601. The van der Waals surface area contributed by atoms with Crippen molar-refractivity contribution in [3.63, 3.8) is 0 Å². The zero-order valence-corrected chi connectivity index (χ0v) is 11.2. The van der Waals surface area contributed by atoms with Gasteiger partial charge in [0, 0.05) is 12.7 Å². The molecule has 0 spiro atoms. The highest BCUT2D eigenvalue weighted by atomic mass is 32.2. The van der Waals surface area contributed by atoms with Crippen LogP contribution in [-0.4, -0.2) is 42.8 Å². The second-order valence-electron chi connectivity index (χ2n) is 3.81. The molecule has 0 aliphatic heterocycles. The number of primary sulfonamides is 1. The van der Waals surface area contributed by atoms with Crippen molar-refractivity contribution >= 4 is 27.7 Å². The lowest BCUT2D eigenvalue weighted by atomic mass is 10.3. The number of anilines is 1. The molecule has 0 aromatic carbocycles. The van der Waals surface area contributed by atoms with Gasteiger partial charge < -0.3 is 15.7 Å². The molecule has 1 aromatic heterocycles. The molecule has 0 radical (unpaired) electrons. The fourth-order valence-electron chi connectivity index (χ4n) is 1.32. The normalized spacial score (nSPS) is 10.8. The first-order valence-electron chi connectivity index (χ1n) is 5.53. The first-order valence-corrected chi connectivity index (χ1v) is 7.25. The number of amides is 2. The molecule has 0 fully saturated rings. The first-order chi connectivity index (χ1) is 9.29. The highest BCUT2D eigenvalue weighted by molar-refractivity contribution is 7.89. The molecule has 0 bridgehead atoms. The fourth-order valence-corrected chi connectivity index (χ4v) is 1.87. The number of hydrogen-bond donors (Lipinski definition) is 4. The van der Waals surface area contributed by atoms with E-state index < -0.39 is 22.0 Å². The molecule has 5 N–H and O–H groups in total. The predicted molar refractivity (Wildman–Crippen MR) is 70.8 cm³/mol. The van der Waals surface area contributed by atoms with Crippen molar-refractivity contribution in [1.29, 1.82) is 0 Å². The number of rotatable bonds is 6. The number of pyridine rings is 1. The molecule has 0 unspecified atom stereocenters. The third kappa shape index (κ3) is 5.63. The smallest absolute Gasteiger partial charge is 0.356 e. The largest absolute Gasteiger partial charge is 0.476 e. The number of carboxylic acids is 1. The number of sulfonamides is 1. The molecule has 0 aliphatic rings. The van der Waals surface area contributed by atoms with Gasteiger partial charge in [0.15, 0.2) is 5.69 Å². The summed E-state index contributed by atoms with van der Waals surface area (Å²) in [6.45, 7) is 0.0882. The summed E-state index contributed by atoms with van der Waals surface area (Å²) in [5.41, 5.74) is -0.240. The van der Waals surface area contributed by atoms with Crippen molar-refractivity contribution in [2.75, 3.05) is 17.6 Å². The number of nitrogens with one attached hydrogen (secondary N) is 2. The minimum absolute atomic E-state index is 0.0453. The van der Waals surface area contributed by atoms with E-state index in [4.69, 9.17) is 10.2 Å². The topological polar surface area (TPSA) is 151 Å². The summed E-state index contributed by atoms with van der Waals surface area (Å²) < 4.78 is 21.3. The van der Waals surface area contributed by atoms with Gasteiger partial charge in [-0.1, -0.05) is 0 Å². The van der Waals surface area contributed by atoms with Crippen LogP contribution in [0.5, 0.6) is 0 Å². The lowest BCUT2D eigenvalue weighted by molar-refractivity contribution is 0.0691. The first kappa shape index (κ1) is 15.9. The molecular weight excluding hydrogens is 288 g/mol. The number of carbonyl (C=O) groups excluding carboxylic acids is 1. The molecule has 110 valence electrons. The summed E-state index contributed by atoms with van der Waals surface area (Å²) in [4.78, 5) is 26.0. The Hall–Kier alpha value is -2.20. The lowest BCUT2D eigenvalue weighted by Gasteiger charge is -2.08. The summed E-state index contributed by atoms with van der Waals surface area (Å²) in [6.07, 6.45) is 1.45. The van der Waals surface area contributed by atoms with Gasteiger partial charge in [0.25, 0.3) is 0 Å². The predicted octanol–water partition coefficient (Wildman–Crippen LogP) is -0.420. The maximum absolute atomic E-state index is 11.5.